The van der Waals surface area contributed by atoms with Gasteiger partial charge in [0, 0.05) is 17.3 Å². The number of aromatic nitrogens is 1. The summed E-state index contributed by atoms with van der Waals surface area (Å²) >= 11 is 0. The third kappa shape index (κ3) is 4.74. The summed E-state index contributed by atoms with van der Waals surface area (Å²) in [5.41, 5.74) is 1.43. The van der Waals surface area contributed by atoms with Gasteiger partial charge >= 0.3 is 5.97 Å². The topological polar surface area (TPSA) is 96.0 Å². The van der Waals surface area contributed by atoms with Gasteiger partial charge in [0.1, 0.15) is 34.0 Å². The van der Waals surface area contributed by atoms with Crippen molar-refractivity contribution in [1.82, 2.24) is 4.98 Å². The first-order valence-corrected chi connectivity index (χ1v) is 11.9. The Hall–Kier alpha value is -4.33. The van der Waals surface area contributed by atoms with Crippen molar-refractivity contribution in [1.29, 1.82) is 0 Å². The molecule has 190 valence electrons. The zero-order valence-electron chi connectivity index (χ0n) is 21.4. The molecule has 3 heterocycles. The lowest BCUT2D eigenvalue weighted by atomic mass is 9.92. The summed E-state index contributed by atoms with van der Waals surface area (Å²) in [6.07, 6.45) is 9.20. The molecular formula is C29H28N2O6. The first kappa shape index (κ1) is 24.4. The van der Waals surface area contributed by atoms with E-state index in [2.05, 4.69) is 10.3 Å². The third-order valence-electron chi connectivity index (χ3n) is 6.09. The molecule has 8 nitrogen and oxygen atoms in total. The van der Waals surface area contributed by atoms with Crippen LogP contribution < -0.4 is 19.5 Å². The summed E-state index contributed by atoms with van der Waals surface area (Å²) in [7, 11) is 1.29. The van der Waals surface area contributed by atoms with Gasteiger partial charge in [0.15, 0.2) is 6.61 Å². The van der Waals surface area contributed by atoms with Crippen molar-refractivity contribution in [3.05, 3.63) is 65.4 Å². The summed E-state index contributed by atoms with van der Waals surface area (Å²) < 4.78 is 23.6. The van der Waals surface area contributed by atoms with Crippen LogP contribution in [0.25, 0.3) is 23.1 Å². The number of esters is 1. The number of nitrogens with zero attached hydrogens (tertiary/aromatic N) is 1. The molecule has 2 aromatic carbocycles. The predicted molar refractivity (Wildman–Crippen MR) is 141 cm³/mol. The van der Waals surface area contributed by atoms with Crippen LogP contribution in [0.1, 0.15) is 49.2 Å². The van der Waals surface area contributed by atoms with Crippen molar-refractivity contribution in [3.63, 3.8) is 0 Å². The van der Waals surface area contributed by atoms with Crippen LogP contribution >= 0.6 is 0 Å². The van der Waals surface area contributed by atoms with Crippen molar-refractivity contribution in [3.8, 4) is 17.2 Å². The highest BCUT2D eigenvalue weighted by Gasteiger charge is 2.37. The van der Waals surface area contributed by atoms with Crippen molar-refractivity contribution >= 4 is 40.6 Å². The lowest BCUT2D eigenvalue weighted by Gasteiger charge is -2.35. The van der Waals surface area contributed by atoms with Gasteiger partial charge in [0.05, 0.1) is 23.8 Å². The number of carbonyl (C=O) groups is 2. The number of rotatable bonds is 5. The Labute approximate surface area is 214 Å². The minimum Gasteiger partial charge on any atom is -0.482 e. The van der Waals surface area contributed by atoms with Crippen molar-refractivity contribution in [2.24, 2.45) is 0 Å². The van der Waals surface area contributed by atoms with Gasteiger partial charge in [-0.1, -0.05) is 6.07 Å². The fourth-order valence-corrected chi connectivity index (χ4v) is 4.33. The molecule has 1 N–H and O–H groups in total. The maximum atomic E-state index is 13.0. The molecule has 0 aliphatic carbocycles. The summed E-state index contributed by atoms with van der Waals surface area (Å²) in [4.78, 5) is 30.2. The fourth-order valence-electron chi connectivity index (χ4n) is 4.33. The second-order valence-electron chi connectivity index (χ2n) is 10.0. The number of methoxy groups -OCH3 is 1. The number of benzene rings is 2. The molecule has 0 spiro atoms. The molecular weight excluding hydrogens is 472 g/mol. The highest BCUT2D eigenvalue weighted by atomic mass is 16.5. The summed E-state index contributed by atoms with van der Waals surface area (Å²) in [5.74, 6) is -0.0641. The largest absolute Gasteiger partial charge is 0.482 e. The zero-order valence-corrected chi connectivity index (χ0v) is 21.4. The average molecular weight is 501 g/mol. The lowest BCUT2D eigenvalue weighted by molar-refractivity contribution is -0.118. The molecule has 1 amide bonds. The average Bonchev–Trinajstić information content (AvgIpc) is 2.85. The van der Waals surface area contributed by atoms with Gasteiger partial charge in [0.2, 0.25) is 0 Å². The van der Waals surface area contributed by atoms with Crippen LogP contribution in [0.3, 0.4) is 0 Å². The molecule has 0 atom stereocenters. The van der Waals surface area contributed by atoms with E-state index in [0.717, 1.165) is 10.9 Å². The minimum atomic E-state index is -0.677. The van der Waals surface area contributed by atoms with E-state index in [0.29, 0.717) is 28.3 Å². The molecule has 0 saturated carbocycles. The van der Waals surface area contributed by atoms with E-state index in [9.17, 15) is 9.59 Å². The standard InChI is InChI=1S/C29H28N2O6/c1-28(2)12-10-19-24(36-28)20-11-13-29(3,4)37-26(20)23(27(33)34-5)25(19)35-16-22(32)31-18-8-9-21-17(15-18)7-6-14-30-21/h6-15H,16H2,1-5H3,(H,31,32). The summed E-state index contributed by atoms with van der Waals surface area (Å²) in [5, 5.41) is 3.73. The molecule has 5 rings (SSSR count). The number of anilines is 1. The number of nitrogens with one attached hydrogen (secondary N) is 1. The maximum absolute atomic E-state index is 13.0. The van der Waals surface area contributed by atoms with Gasteiger partial charge in [-0.15, -0.1) is 0 Å². The second-order valence-corrected chi connectivity index (χ2v) is 10.0. The maximum Gasteiger partial charge on any atom is 0.345 e. The van der Waals surface area contributed by atoms with Gasteiger partial charge in [-0.25, -0.2) is 4.79 Å². The minimum absolute atomic E-state index is 0.103. The zero-order chi connectivity index (χ0) is 26.4. The van der Waals surface area contributed by atoms with Gasteiger partial charge in [-0.2, -0.15) is 0 Å². The number of hydrogen-bond donors (Lipinski definition) is 1. The van der Waals surface area contributed by atoms with E-state index < -0.39 is 23.1 Å². The highest BCUT2D eigenvalue weighted by molar-refractivity contribution is 6.01. The van der Waals surface area contributed by atoms with Crippen LogP contribution in [-0.4, -0.2) is 41.8 Å². The van der Waals surface area contributed by atoms with E-state index in [1.54, 1.807) is 12.3 Å². The van der Waals surface area contributed by atoms with Crippen LogP contribution in [0.2, 0.25) is 0 Å². The predicted octanol–water partition coefficient (Wildman–Crippen LogP) is 5.41. The monoisotopic (exact) mass is 500 g/mol. The summed E-state index contributed by atoms with van der Waals surface area (Å²) in [6, 6.07) is 9.19. The Morgan fingerprint density at radius 2 is 1.68 bits per heavy atom. The van der Waals surface area contributed by atoms with Gasteiger partial charge in [-0.3, -0.25) is 9.78 Å². The normalized spacial score (nSPS) is 16.1. The number of hydrogen-bond acceptors (Lipinski definition) is 7. The van der Waals surface area contributed by atoms with E-state index in [4.69, 9.17) is 18.9 Å². The molecule has 37 heavy (non-hydrogen) atoms. The van der Waals surface area contributed by atoms with Crippen LogP contribution in [0.4, 0.5) is 5.69 Å². The second kappa shape index (κ2) is 8.96. The van der Waals surface area contributed by atoms with Crippen molar-refractivity contribution in [2.75, 3.05) is 19.0 Å². The number of pyridine rings is 1. The first-order chi connectivity index (χ1) is 17.6. The SMILES string of the molecule is COC(=O)c1c(OCC(=O)Nc2ccc3ncccc3c2)c2c(c3c1OC(C)(C)C=C3)OC(C)(C)C=C2. The first-order valence-electron chi connectivity index (χ1n) is 11.9. The van der Waals surface area contributed by atoms with Crippen molar-refractivity contribution in [2.45, 2.75) is 38.9 Å². The number of ether oxygens (including phenoxy) is 4. The fraction of sp³-hybridized carbons (Fsp3) is 0.276. The molecule has 2 aliphatic heterocycles. The molecule has 0 fully saturated rings. The van der Waals surface area contributed by atoms with Crippen LogP contribution in [-0.2, 0) is 9.53 Å². The quantitative estimate of drug-likeness (QED) is 0.468. The Morgan fingerprint density at radius 3 is 2.41 bits per heavy atom. The Balaban J connectivity index is 1.51. The van der Waals surface area contributed by atoms with E-state index in [1.165, 1.54) is 7.11 Å². The summed E-state index contributed by atoms with van der Waals surface area (Å²) in [6.45, 7) is 7.26. The van der Waals surface area contributed by atoms with E-state index in [1.807, 2.05) is 76.3 Å². The van der Waals surface area contributed by atoms with Gasteiger partial charge in [0.25, 0.3) is 5.91 Å². The molecule has 1 aromatic heterocycles. The van der Waals surface area contributed by atoms with E-state index in [-0.39, 0.29) is 17.9 Å². The van der Waals surface area contributed by atoms with Gasteiger partial charge in [-0.05, 0) is 76.3 Å². The lowest BCUT2D eigenvalue weighted by Crippen LogP contribution is -2.32. The smallest absolute Gasteiger partial charge is 0.345 e. The number of carbonyl (C=O) groups excluding carboxylic acids is 2. The molecule has 8 heteroatoms. The highest BCUT2D eigenvalue weighted by Crippen LogP contribution is 2.51. The Kier molecular flexibility index (Phi) is 5.90. The molecule has 0 radical (unpaired) electrons. The molecule has 0 bridgehead atoms. The Bertz CT molecular complexity index is 1490. The van der Waals surface area contributed by atoms with Gasteiger partial charge < -0.3 is 24.3 Å². The van der Waals surface area contributed by atoms with Crippen LogP contribution in [0, 0.1) is 0 Å². The molecule has 3 aromatic rings. The number of fused-ring (bicyclic) bond motifs is 4. The third-order valence-corrected chi connectivity index (χ3v) is 6.09. The Morgan fingerprint density at radius 1 is 0.973 bits per heavy atom. The molecule has 2 aliphatic rings. The molecule has 0 unspecified atom stereocenters. The number of amides is 1. The molecule has 0 saturated heterocycles. The van der Waals surface area contributed by atoms with Crippen LogP contribution in [0.15, 0.2) is 48.7 Å². The van der Waals surface area contributed by atoms with Crippen molar-refractivity contribution < 1.29 is 28.5 Å². The van der Waals surface area contributed by atoms with Crippen LogP contribution in [0.5, 0.6) is 17.2 Å². The van der Waals surface area contributed by atoms with E-state index >= 15 is 0 Å².